The first kappa shape index (κ1) is 75.7. The van der Waals surface area contributed by atoms with Crippen LogP contribution in [0.15, 0.2) is 109 Å². The summed E-state index contributed by atoms with van der Waals surface area (Å²) in [5, 5.41) is 3.03. The fourth-order valence-corrected chi connectivity index (χ4v) is 9.47. The molecule has 0 heterocycles. The van der Waals surface area contributed by atoms with Gasteiger partial charge in [-0.05, 0) is 115 Å². The van der Waals surface area contributed by atoms with Crippen LogP contribution in [0.5, 0.6) is 0 Å². The zero-order valence-corrected chi connectivity index (χ0v) is 52.7. The summed E-state index contributed by atoms with van der Waals surface area (Å²) in [7, 11) is 1.45. The summed E-state index contributed by atoms with van der Waals surface area (Å²) in [6.07, 6.45) is 79.4. The number of phosphoric acid groups is 1. The Morgan fingerprint density at radius 1 is 0.456 bits per heavy atom. The molecule has 0 fully saturated rings. The number of carbonyl (C=O) groups excluding carboxylic acids is 2. The molecule has 0 aromatic heterocycles. The standard InChI is InChI=1S/C69H121N2O7P/c1-7-10-13-16-19-22-25-28-30-32-34-35-37-38-40-43-46-49-52-55-58-61-68(72)70-66(65-77-79(74,75)76-64-63-71(4,5)6)67(60-57-54-51-48-45-42-27-24-21-18-15-12-9-3)78-69(73)62-59-56-53-50-47-44-41-39-36-33-31-29-26-23-20-17-14-11-8-2/h10,13,19-20,22-23,28-31,34-35,38,40,46,49,57,60,66-67H,7-9,11-12,14-18,21,24-27,32-33,36-37,39,41-45,47-48,50-56,58-59,61-65H2,1-6H3,(H-,70,72,74,75)/p+1/b13-10-,22-19-,23-20-,30-28-,31-29-,35-34-,40-38-,49-46-,60-57+. The second kappa shape index (κ2) is 57.9. The second-order valence-electron chi connectivity index (χ2n) is 22.5. The average Bonchev–Trinajstić information content (AvgIpc) is 3.41. The molecule has 0 aromatic carbocycles. The molecule has 0 radical (unpaired) electrons. The van der Waals surface area contributed by atoms with E-state index in [1.165, 1.54) is 116 Å². The lowest BCUT2D eigenvalue weighted by molar-refractivity contribution is -0.870. The van der Waals surface area contributed by atoms with Crippen molar-refractivity contribution in [2.45, 2.75) is 277 Å². The summed E-state index contributed by atoms with van der Waals surface area (Å²) < 4.78 is 30.7. The first-order valence-electron chi connectivity index (χ1n) is 32.2. The van der Waals surface area contributed by atoms with E-state index in [1.807, 2.05) is 33.3 Å². The van der Waals surface area contributed by atoms with Crippen LogP contribution < -0.4 is 5.32 Å². The van der Waals surface area contributed by atoms with Gasteiger partial charge in [-0.1, -0.05) is 246 Å². The Hall–Kier alpha value is -3.33. The van der Waals surface area contributed by atoms with E-state index in [-0.39, 0.29) is 37.9 Å². The van der Waals surface area contributed by atoms with Crippen molar-refractivity contribution in [1.82, 2.24) is 5.32 Å². The number of allylic oxidation sites excluding steroid dienone is 17. The minimum Gasteiger partial charge on any atom is -0.456 e. The van der Waals surface area contributed by atoms with Crippen LogP contribution >= 0.6 is 7.82 Å². The maximum atomic E-state index is 13.6. The first-order valence-corrected chi connectivity index (χ1v) is 33.7. The molecule has 0 saturated carbocycles. The number of ether oxygens (including phenoxy) is 1. The number of quaternary nitrogens is 1. The molecule has 0 aliphatic carbocycles. The lowest BCUT2D eigenvalue weighted by atomic mass is 10.0. The van der Waals surface area contributed by atoms with Crippen LogP contribution in [0.2, 0.25) is 0 Å². The summed E-state index contributed by atoms with van der Waals surface area (Å²) in [4.78, 5) is 37.8. The highest BCUT2D eigenvalue weighted by Gasteiger charge is 2.30. The molecule has 0 saturated heterocycles. The van der Waals surface area contributed by atoms with E-state index in [0.29, 0.717) is 17.4 Å². The molecule has 3 unspecified atom stereocenters. The second-order valence-corrected chi connectivity index (χ2v) is 24.0. The van der Waals surface area contributed by atoms with Gasteiger partial charge in [-0.15, -0.1) is 0 Å². The van der Waals surface area contributed by atoms with E-state index in [9.17, 15) is 19.0 Å². The Bertz CT molecular complexity index is 1720. The van der Waals surface area contributed by atoms with Gasteiger partial charge in [0, 0.05) is 12.8 Å². The van der Waals surface area contributed by atoms with Gasteiger partial charge in [0.25, 0.3) is 0 Å². The van der Waals surface area contributed by atoms with Gasteiger partial charge >= 0.3 is 13.8 Å². The number of hydrogen-bond donors (Lipinski definition) is 2. The normalized spacial score (nSPS) is 14.4. The SMILES string of the molecule is CC/C=C\C/C=C\C/C=C\C/C=C\C/C=C\C/C=C\CCCCC(=O)NC(COP(=O)(O)OCC[N+](C)(C)C)C(/C=C/CCCCCCCCCCCCC)OC(=O)CCCCCCCCCCC/C=C\C/C=C\CCCCC. The molecule has 10 heteroatoms. The number of hydrogen-bond acceptors (Lipinski definition) is 6. The topological polar surface area (TPSA) is 111 Å². The number of unbranched alkanes of at least 4 members (excludes halogenated alkanes) is 25. The smallest absolute Gasteiger partial charge is 0.456 e. The molecule has 0 aromatic rings. The van der Waals surface area contributed by atoms with Gasteiger partial charge in [0.15, 0.2) is 0 Å². The van der Waals surface area contributed by atoms with Crippen molar-refractivity contribution in [3.63, 3.8) is 0 Å². The van der Waals surface area contributed by atoms with Gasteiger partial charge in [-0.25, -0.2) is 4.57 Å². The number of amides is 1. The summed E-state index contributed by atoms with van der Waals surface area (Å²) in [6.45, 7) is 6.84. The van der Waals surface area contributed by atoms with Crippen molar-refractivity contribution in [2.24, 2.45) is 0 Å². The average molecular weight is 1120 g/mol. The molecule has 0 aliphatic rings. The van der Waals surface area contributed by atoms with Gasteiger partial charge in [-0.3, -0.25) is 18.6 Å². The predicted molar refractivity (Wildman–Crippen MR) is 341 cm³/mol. The highest BCUT2D eigenvalue weighted by molar-refractivity contribution is 7.47. The largest absolute Gasteiger partial charge is 0.472 e. The molecule has 3 atom stereocenters. The number of phosphoric ester groups is 1. The van der Waals surface area contributed by atoms with Crippen LogP contribution in [0, 0.1) is 0 Å². The van der Waals surface area contributed by atoms with Crippen LogP contribution in [0.3, 0.4) is 0 Å². The third kappa shape index (κ3) is 59.1. The van der Waals surface area contributed by atoms with Crippen molar-refractivity contribution < 1.29 is 37.3 Å². The van der Waals surface area contributed by atoms with Gasteiger partial charge in [-0.2, -0.15) is 0 Å². The third-order valence-corrected chi connectivity index (χ3v) is 14.7. The Morgan fingerprint density at radius 2 is 0.810 bits per heavy atom. The Morgan fingerprint density at radius 3 is 1.25 bits per heavy atom. The molecule has 9 nitrogen and oxygen atoms in total. The number of esters is 1. The third-order valence-electron chi connectivity index (χ3n) is 13.7. The number of likely N-dealkylation sites (N-methyl/N-ethyl adjacent to an activating group) is 1. The van der Waals surface area contributed by atoms with Crippen LogP contribution in [-0.4, -0.2) is 74.3 Å². The van der Waals surface area contributed by atoms with E-state index in [2.05, 4.69) is 123 Å². The van der Waals surface area contributed by atoms with Crippen LogP contribution in [0.1, 0.15) is 265 Å². The van der Waals surface area contributed by atoms with Gasteiger partial charge < -0.3 is 19.4 Å². The van der Waals surface area contributed by atoms with E-state index in [4.69, 9.17) is 13.8 Å². The van der Waals surface area contributed by atoms with Crippen LogP contribution in [-0.2, 0) is 27.9 Å². The lowest BCUT2D eigenvalue weighted by Crippen LogP contribution is -2.47. The molecule has 0 rings (SSSR count). The van der Waals surface area contributed by atoms with Gasteiger partial charge in [0.1, 0.15) is 19.3 Å². The molecule has 0 bridgehead atoms. The van der Waals surface area contributed by atoms with Crippen molar-refractivity contribution in [1.29, 1.82) is 0 Å². The minimum atomic E-state index is -4.47. The maximum Gasteiger partial charge on any atom is 0.472 e. The zero-order chi connectivity index (χ0) is 57.9. The predicted octanol–water partition coefficient (Wildman–Crippen LogP) is 20.1. The van der Waals surface area contributed by atoms with Crippen molar-refractivity contribution in [2.75, 3.05) is 40.9 Å². The number of carbonyl (C=O) groups is 2. The number of nitrogens with zero attached hydrogens (tertiary/aromatic N) is 1. The molecule has 1 amide bonds. The van der Waals surface area contributed by atoms with Crippen LogP contribution in [0.4, 0.5) is 0 Å². The van der Waals surface area contributed by atoms with E-state index < -0.39 is 20.0 Å². The first-order chi connectivity index (χ1) is 38.4. The quantitative estimate of drug-likeness (QED) is 0.0205. The fraction of sp³-hybridized carbons (Fsp3) is 0.710. The highest BCUT2D eigenvalue weighted by Crippen LogP contribution is 2.43. The molecular weight excluding hydrogens is 1000 g/mol. The molecule has 2 N–H and O–H groups in total. The number of rotatable bonds is 57. The molecule has 0 aliphatic heterocycles. The fourth-order valence-electron chi connectivity index (χ4n) is 8.74. The van der Waals surface area contributed by atoms with Gasteiger partial charge in [0.2, 0.25) is 5.91 Å². The maximum absolute atomic E-state index is 13.6. The Balaban J connectivity index is 5.35. The summed E-state index contributed by atoms with van der Waals surface area (Å²) in [6, 6.07) is -0.880. The van der Waals surface area contributed by atoms with Gasteiger partial charge in [0.05, 0.1) is 33.8 Å². The van der Waals surface area contributed by atoms with E-state index in [0.717, 1.165) is 109 Å². The zero-order valence-electron chi connectivity index (χ0n) is 51.8. The Labute approximate surface area is 487 Å². The van der Waals surface area contributed by atoms with E-state index >= 15 is 0 Å². The van der Waals surface area contributed by atoms with Crippen LogP contribution in [0.25, 0.3) is 0 Å². The van der Waals surface area contributed by atoms with Crippen molar-refractivity contribution in [3.8, 4) is 0 Å². The van der Waals surface area contributed by atoms with Crippen molar-refractivity contribution in [3.05, 3.63) is 109 Å². The monoisotopic (exact) mass is 1120 g/mol. The highest BCUT2D eigenvalue weighted by atomic mass is 31.2. The summed E-state index contributed by atoms with van der Waals surface area (Å²) in [5.74, 6) is -0.563. The molecule has 79 heavy (non-hydrogen) atoms. The lowest BCUT2D eigenvalue weighted by Gasteiger charge is -2.27. The molecular formula is C69H122N2O7P+. The summed E-state index contributed by atoms with van der Waals surface area (Å²) >= 11 is 0. The Kier molecular flexibility index (Phi) is 55.4. The molecule has 454 valence electrons. The minimum absolute atomic E-state index is 0.0257. The van der Waals surface area contributed by atoms with E-state index in [1.54, 1.807) is 0 Å². The molecule has 0 spiro atoms. The van der Waals surface area contributed by atoms with Crippen molar-refractivity contribution >= 4 is 19.7 Å². The summed E-state index contributed by atoms with van der Waals surface area (Å²) in [5.41, 5.74) is 0. The number of nitrogens with one attached hydrogen (secondary N) is 1.